The van der Waals surface area contributed by atoms with E-state index in [1.165, 1.54) is 25.1 Å². The second kappa shape index (κ2) is 4.53. The predicted molar refractivity (Wildman–Crippen MR) is 54.2 cm³/mol. The van der Waals surface area contributed by atoms with Crippen LogP contribution in [-0.4, -0.2) is 16.4 Å². The number of rotatable bonds is 4. The highest BCUT2D eigenvalue weighted by atomic mass is 31.2. The van der Waals surface area contributed by atoms with Crippen molar-refractivity contribution in [2.75, 3.05) is 6.61 Å². The second-order valence-corrected chi connectivity index (χ2v) is 4.46. The van der Waals surface area contributed by atoms with Gasteiger partial charge in [0.05, 0.1) is 11.5 Å². The zero-order valence-corrected chi connectivity index (χ0v) is 8.89. The maximum atomic E-state index is 11.6. The Balaban J connectivity index is 3.24. The lowest BCUT2D eigenvalue weighted by Gasteiger charge is -2.10. The van der Waals surface area contributed by atoms with Crippen LogP contribution >= 0.6 is 7.60 Å². The summed E-state index contributed by atoms with van der Waals surface area (Å²) in [5.41, 5.74) is -0.406. The van der Waals surface area contributed by atoms with E-state index in [4.69, 9.17) is 0 Å². The van der Waals surface area contributed by atoms with Gasteiger partial charge in [-0.3, -0.25) is 14.7 Å². The van der Waals surface area contributed by atoms with Crippen molar-refractivity contribution < 1.29 is 18.9 Å². The van der Waals surface area contributed by atoms with E-state index in [1.54, 1.807) is 0 Å². The molecule has 0 spiro atoms. The highest BCUT2D eigenvalue weighted by Crippen LogP contribution is 2.43. The standard InChI is InChI=1S/C8H10NO5P/c1-2-14-15(12,13)8-6-4-3-5-7(8)9(10)11/h3-6H,2H2,1H3,(H,12,13). The lowest BCUT2D eigenvalue weighted by molar-refractivity contribution is -0.383. The van der Waals surface area contributed by atoms with Crippen molar-refractivity contribution in [1.29, 1.82) is 0 Å². The summed E-state index contributed by atoms with van der Waals surface area (Å²) in [5, 5.41) is 10.3. The van der Waals surface area contributed by atoms with Crippen LogP contribution in [0.3, 0.4) is 0 Å². The molecule has 82 valence electrons. The molecule has 0 aromatic heterocycles. The fraction of sp³-hybridized carbons (Fsp3) is 0.250. The molecule has 0 saturated heterocycles. The fourth-order valence-corrected chi connectivity index (χ4v) is 2.31. The third-order valence-corrected chi connectivity index (χ3v) is 3.28. The van der Waals surface area contributed by atoms with Crippen molar-refractivity contribution in [2.45, 2.75) is 6.92 Å². The Kier molecular flexibility index (Phi) is 3.57. The van der Waals surface area contributed by atoms with Crippen molar-refractivity contribution in [3.05, 3.63) is 34.4 Å². The molecule has 0 aliphatic heterocycles. The monoisotopic (exact) mass is 231 g/mol. The molecule has 7 heteroatoms. The van der Waals surface area contributed by atoms with Crippen LogP contribution in [0.5, 0.6) is 0 Å². The van der Waals surface area contributed by atoms with Gasteiger partial charge in [-0.2, -0.15) is 0 Å². The first-order valence-corrected chi connectivity index (χ1v) is 5.78. The van der Waals surface area contributed by atoms with Gasteiger partial charge >= 0.3 is 7.60 Å². The number of nitrogens with zero attached hydrogens (tertiary/aromatic N) is 1. The number of hydrogen-bond acceptors (Lipinski definition) is 4. The number of nitro benzene ring substituents is 1. The van der Waals surface area contributed by atoms with E-state index >= 15 is 0 Å². The van der Waals surface area contributed by atoms with E-state index < -0.39 is 18.2 Å². The van der Waals surface area contributed by atoms with Crippen molar-refractivity contribution in [3.8, 4) is 0 Å². The van der Waals surface area contributed by atoms with Crippen molar-refractivity contribution in [1.82, 2.24) is 0 Å². The normalized spacial score (nSPS) is 14.5. The summed E-state index contributed by atoms with van der Waals surface area (Å²) < 4.78 is 16.2. The third kappa shape index (κ3) is 2.62. The van der Waals surface area contributed by atoms with E-state index in [9.17, 15) is 19.6 Å². The number of para-hydroxylation sites is 1. The summed E-state index contributed by atoms with van der Waals surface area (Å²) >= 11 is 0. The molecule has 15 heavy (non-hydrogen) atoms. The molecular weight excluding hydrogens is 221 g/mol. The molecule has 0 amide bonds. The first-order valence-electron chi connectivity index (χ1n) is 4.20. The largest absolute Gasteiger partial charge is 0.365 e. The Morgan fingerprint density at radius 3 is 2.67 bits per heavy atom. The summed E-state index contributed by atoms with van der Waals surface area (Å²) in [7, 11) is -4.08. The zero-order valence-electron chi connectivity index (χ0n) is 7.99. The van der Waals surface area contributed by atoms with Crippen molar-refractivity contribution in [2.24, 2.45) is 0 Å². The summed E-state index contributed by atoms with van der Waals surface area (Å²) in [6.45, 7) is 1.55. The molecule has 1 unspecified atom stereocenters. The van der Waals surface area contributed by atoms with Crippen LogP contribution in [0.2, 0.25) is 0 Å². The van der Waals surface area contributed by atoms with Gasteiger partial charge in [0.1, 0.15) is 5.30 Å². The van der Waals surface area contributed by atoms with Crippen LogP contribution in [-0.2, 0) is 9.09 Å². The molecule has 0 fully saturated rings. The quantitative estimate of drug-likeness (QED) is 0.481. The van der Waals surface area contributed by atoms with E-state index in [2.05, 4.69) is 4.52 Å². The van der Waals surface area contributed by atoms with Gasteiger partial charge < -0.3 is 9.42 Å². The molecule has 1 aromatic carbocycles. The second-order valence-electron chi connectivity index (χ2n) is 2.68. The fourth-order valence-electron chi connectivity index (χ4n) is 1.10. The average Bonchev–Trinajstić information content (AvgIpc) is 2.17. The third-order valence-electron chi connectivity index (χ3n) is 1.69. The lowest BCUT2D eigenvalue weighted by Crippen LogP contribution is -2.12. The maximum Gasteiger partial charge on any atom is 0.365 e. The van der Waals surface area contributed by atoms with Gasteiger partial charge in [-0.15, -0.1) is 0 Å². The molecular formula is C8H10NO5P. The minimum Gasteiger partial charge on any atom is -0.321 e. The Bertz CT molecular complexity index is 419. The minimum atomic E-state index is -4.08. The Hall–Kier alpha value is -1.23. The van der Waals surface area contributed by atoms with Crippen molar-refractivity contribution in [3.63, 3.8) is 0 Å². The van der Waals surface area contributed by atoms with E-state index in [-0.39, 0.29) is 11.9 Å². The molecule has 0 radical (unpaired) electrons. The van der Waals surface area contributed by atoms with Gasteiger partial charge in [0.2, 0.25) is 0 Å². The van der Waals surface area contributed by atoms with Crippen LogP contribution in [0.1, 0.15) is 6.92 Å². The summed E-state index contributed by atoms with van der Waals surface area (Å²) in [6, 6.07) is 5.25. The number of hydrogen-bond donors (Lipinski definition) is 1. The minimum absolute atomic E-state index is 0.0137. The molecule has 6 nitrogen and oxygen atoms in total. The van der Waals surface area contributed by atoms with Crippen LogP contribution in [0.15, 0.2) is 24.3 Å². The number of benzene rings is 1. The molecule has 0 aliphatic carbocycles. The van der Waals surface area contributed by atoms with Crippen molar-refractivity contribution >= 4 is 18.6 Å². The molecule has 1 rings (SSSR count). The topological polar surface area (TPSA) is 89.7 Å². The summed E-state index contributed by atoms with van der Waals surface area (Å²) in [6.07, 6.45) is 0. The summed E-state index contributed by atoms with van der Waals surface area (Å²) in [4.78, 5) is 19.3. The Labute approximate surface area is 86.2 Å². The van der Waals surface area contributed by atoms with Crippen LogP contribution in [0.25, 0.3) is 0 Å². The smallest absolute Gasteiger partial charge is 0.321 e. The van der Waals surface area contributed by atoms with Gasteiger partial charge in [-0.05, 0) is 13.0 Å². The first-order chi connectivity index (χ1) is 6.99. The van der Waals surface area contributed by atoms with Gasteiger partial charge in [0, 0.05) is 6.07 Å². The molecule has 1 aromatic rings. The van der Waals surface area contributed by atoms with Gasteiger partial charge in [0.25, 0.3) is 5.69 Å². The highest BCUT2D eigenvalue weighted by Gasteiger charge is 2.30. The maximum absolute atomic E-state index is 11.6. The van der Waals surface area contributed by atoms with Crippen LogP contribution in [0, 0.1) is 10.1 Å². The Morgan fingerprint density at radius 1 is 1.53 bits per heavy atom. The van der Waals surface area contributed by atoms with Gasteiger partial charge in [-0.1, -0.05) is 12.1 Å². The lowest BCUT2D eigenvalue weighted by atomic mass is 10.3. The number of nitro groups is 1. The molecule has 0 heterocycles. The van der Waals surface area contributed by atoms with Gasteiger partial charge in [0.15, 0.2) is 0 Å². The molecule has 0 saturated carbocycles. The highest BCUT2D eigenvalue weighted by molar-refractivity contribution is 7.61. The molecule has 0 bridgehead atoms. The van der Waals surface area contributed by atoms with E-state index in [0.717, 1.165) is 6.07 Å². The van der Waals surface area contributed by atoms with E-state index in [1.807, 2.05) is 0 Å². The van der Waals surface area contributed by atoms with Gasteiger partial charge in [-0.25, -0.2) is 0 Å². The Morgan fingerprint density at radius 2 is 2.13 bits per heavy atom. The van der Waals surface area contributed by atoms with Crippen LogP contribution < -0.4 is 5.30 Å². The zero-order chi connectivity index (χ0) is 11.5. The summed E-state index contributed by atoms with van der Waals surface area (Å²) in [5.74, 6) is 0. The average molecular weight is 231 g/mol. The first kappa shape index (κ1) is 11.8. The molecule has 1 atom stereocenters. The molecule has 0 aliphatic rings. The van der Waals surface area contributed by atoms with Crippen LogP contribution in [0.4, 0.5) is 5.69 Å². The SMILES string of the molecule is CCOP(=O)(O)c1ccccc1[N+](=O)[O-]. The van der Waals surface area contributed by atoms with E-state index in [0.29, 0.717) is 0 Å². The predicted octanol–water partition coefficient (Wildman–Crippen LogP) is 1.44. The molecule has 1 N–H and O–H groups in total.